The molecule has 68 valence electrons. The minimum Gasteiger partial charge on any atom is -0.276 e. The summed E-state index contributed by atoms with van der Waals surface area (Å²) in [6.07, 6.45) is 1.36. The molecule has 0 unspecified atom stereocenters. The lowest BCUT2D eigenvalue weighted by Crippen LogP contribution is -1.77. The van der Waals surface area contributed by atoms with Gasteiger partial charge in [-0.25, -0.2) is 0 Å². The van der Waals surface area contributed by atoms with Gasteiger partial charge in [0, 0.05) is 11.8 Å². The van der Waals surface area contributed by atoms with E-state index in [1.807, 2.05) is 30.3 Å². The van der Waals surface area contributed by atoms with E-state index in [9.17, 15) is 4.79 Å². The Morgan fingerprint density at radius 2 is 2.08 bits per heavy atom. The lowest BCUT2D eigenvalue weighted by molar-refractivity contribution is -0.107. The molecule has 0 radical (unpaired) electrons. The number of rotatable bonds is 4. The molecule has 0 saturated heterocycles. The van der Waals surface area contributed by atoms with E-state index in [-0.39, 0.29) is 0 Å². The molecule has 0 aliphatic heterocycles. The zero-order valence-corrected chi connectivity index (χ0v) is 8.52. The van der Waals surface area contributed by atoms with E-state index in [1.54, 1.807) is 17.2 Å². The topological polar surface area (TPSA) is 17.1 Å². The number of hydrogen-bond acceptors (Lipinski definition) is 2. The molecule has 0 heterocycles. The molecule has 0 N–H and O–H groups in total. The van der Waals surface area contributed by atoms with Gasteiger partial charge in [-0.1, -0.05) is 30.3 Å². The fourth-order valence-corrected chi connectivity index (χ4v) is 1.66. The number of hydrogen-bond donors (Lipinski definition) is 0. The van der Waals surface area contributed by atoms with Gasteiger partial charge in [0.2, 0.25) is 5.24 Å². The van der Waals surface area contributed by atoms with Crippen LogP contribution in [0.4, 0.5) is 0 Å². The van der Waals surface area contributed by atoms with Crippen LogP contribution in [0.5, 0.6) is 0 Å². The van der Waals surface area contributed by atoms with Gasteiger partial charge in [-0.2, -0.15) is 0 Å². The highest BCUT2D eigenvalue weighted by Crippen LogP contribution is 2.12. The average molecular weight is 213 g/mol. The lowest BCUT2D eigenvalue weighted by atomic mass is 10.2. The van der Waals surface area contributed by atoms with Crippen molar-refractivity contribution in [2.24, 2.45) is 0 Å². The molecule has 0 bridgehead atoms. The molecule has 1 nitrogen and oxygen atoms in total. The van der Waals surface area contributed by atoms with E-state index in [0.717, 1.165) is 5.75 Å². The van der Waals surface area contributed by atoms with Crippen molar-refractivity contribution >= 4 is 28.6 Å². The van der Waals surface area contributed by atoms with E-state index in [1.165, 1.54) is 11.6 Å². The predicted molar refractivity (Wildman–Crippen MR) is 57.7 cm³/mol. The molecule has 13 heavy (non-hydrogen) atoms. The monoisotopic (exact) mass is 212 g/mol. The molecular weight excluding hydrogens is 204 g/mol. The molecule has 3 heteroatoms. The van der Waals surface area contributed by atoms with Gasteiger partial charge in [0.15, 0.2) is 0 Å². The number of benzene rings is 1. The molecule has 0 saturated carbocycles. The summed E-state index contributed by atoms with van der Waals surface area (Å²) >= 11 is 6.67. The van der Waals surface area contributed by atoms with Crippen LogP contribution in [0.15, 0.2) is 41.8 Å². The maximum Gasteiger partial charge on any atom is 0.245 e. The summed E-state index contributed by atoms with van der Waals surface area (Å²) in [6.45, 7) is 0. The van der Waals surface area contributed by atoms with Crippen molar-refractivity contribution in [2.45, 2.75) is 5.75 Å². The van der Waals surface area contributed by atoms with Gasteiger partial charge in [-0.15, -0.1) is 11.8 Å². The Hall–Kier alpha value is -0.730. The molecule has 0 atom stereocenters. The normalized spacial score (nSPS) is 10.5. The Morgan fingerprint density at radius 3 is 2.69 bits per heavy atom. The van der Waals surface area contributed by atoms with Crippen LogP contribution in [0.3, 0.4) is 0 Å². The van der Waals surface area contributed by atoms with Crippen LogP contribution in [-0.4, -0.2) is 5.24 Å². The number of carbonyl (C=O) groups excluding carboxylic acids is 1. The standard InChI is InChI=1S/C10H9ClOS/c11-10(12)6-7-13-8-9-4-2-1-3-5-9/h1-7H,8H2. The van der Waals surface area contributed by atoms with Gasteiger partial charge in [-0.3, -0.25) is 4.79 Å². The van der Waals surface area contributed by atoms with Gasteiger partial charge in [0.1, 0.15) is 0 Å². The molecule has 0 fully saturated rings. The van der Waals surface area contributed by atoms with E-state index >= 15 is 0 Å². The molecular formula is C10H9ClOS. The van der Waals surface area contributed by atoms with Gasteiger partial charge in [-0.05, 0) is 22.6 Å². The van der Waals surface area contributed by atoms with Crippen molar-refractivity contribution in [3.8, 4) is 0 Å². The largest absolute Gasteiger partial charge is 0.276 e. The Bertz CT molecular complexity index is 295. The molecule has 1 rings (SSSR count). The van der Waals surface area contributed by atoms with Crippen molar-refractivity contribution < 1.29 is 4.79 Å². The minimum absolute atomic E-state index is 0.430. The second-order valence-corrected chi connectivity index (χ2v) is 3.67. The van der Waals surface area contributed by atoms with Crippen molar-refractivity contribution in [2.75, 3.05) is 0 Å². The van der Waals surface area contributed by atoms with E-state index in [2.05, 4.69) is 0 Å². The van der Waals surface area contributed by atoms with Gasteiger partial charge in [0.05, 0.1) is 0 Å². The molecule has 1 aromatic rings. The smallest absolute Gasteiger partial charge is 0.245 e. The molecule has 0 aliphatic carbocycles. The van der Waals surface area contributed by atoms with Crippen molar-refractivity contribution in [1.82, 2.24) is 0 Å². The van der Waals surface area contributed by atoms with Gasteiger partial charge < -0.3 is 0 Å². The van der Waals surface area contributed by atoms with Crippen LogP contribution in [-0.2, 0) is 10.5 Å². The fourth-order valence-electron chi connectivity index (χ4n) is 0.820. The van der Waals surface area contributed by atoms with Crippen LogP contribution in [0.1, 0.15) is 5.56 Å². The quantitative estimate of drug-likeness (QED) is 0.563. The van der Waals surface area contributed by atoms with Gasteiger partial charge in [0.25, 0.3) is 0 Å². The van der Waals surface area contributed by atoms with E-state index < -0.39 is 5.24 Å². The van der Waals surface area contributed by atoms with Crippen LogP contribution in [0.25, 0.3) is 0 Å². The highest BCUT2D eigenvalue weighted by atomic mass is 35.5. The average Bonchev–Trinajstić information content (AvgIpc) is 2.14. The van der Waals surface area contributed by atoms with Crippen molar-refractivity contribution in [3.05, 3.63) is 47.4 Å². The Kier molecular flexibility index (Phi) is 4.65. The second-order valence-electron chi connectivity index (χ2n) is 2.40. The summed E-state index contributed by atoms with van der Waals surface area (Å²) in [5, 5.41) is 1.28. The highest BCUT2D eigenvalue weighted by Gasteiger charge is 1.89. The fraction of sp³-hybridized carbons (Fsp3) is 0.100. The summed E-state index contributed by atoms with van der Waals surface area (Å²) in [4.78, 5) is 10.3. The predicted octanol–water partition coefficient (Wildman–Crippen LogP) is 3.20. The Balaban J connectivity index is 2.32. The summed E-state index contributed by atoms with van der Waals surface area (Å²) < 4.78 is 0. The summed E-state index contributed by atoms with van der Waals surface area (Å²) in [5.41, 5.74) is 1.24. The Labute approximate surface area is 86.8 Å². The van der Waals surface area contributed by atoms with Gasteiger partial charge >= 0.3 is 0 Å². The lowest BCUT2D eigenvalue weighted by Gasteiger charge is -1.95. The molecule has 1 aromatic carbocycles. The van der Waals surface area contributed by atoms with Crippen LogP contribution in [0, 0.1) is 0 Å². The SMILES string of the molecule is O=C(Cl)C=CSCc1ccccc1. The third kappa shape index (κ3) is 4.76. The molecule has 0 spiro atoms. The molecule has 0 aromatic heterocycles. The molecule has 0 aliphatic rings. The third-order valence-corrected chi connectivity index (χ3v) is 2.34. The zero-order chi connectivity index (χ0) is 9.52. The third-order valence-electron chi connectivity index (χ3n) is 1.39. The minimum atomic E-state index is -0.430. The summed E-state index contributed by atoms with van der Waals surface area (Å²) in [5.74, 6) is 0.863. The summed E-state index contributed by atoms with van der Waals surface area (Å²) in [6, 6.07) is 10.1. The first kappa shape index (κ1) is 10.4. The van der Waals surface area contributed by atoms with Crippen molar-refractivity contribution in [1.29, 1.82) is 0 Å². The first-order valence-electron chi connectivity index (χ1n) is 3.80. The molecule has 0 amide bonds. The van der Waals surface area contributed by atoms with Crippen LogP contribution >= 0.6 is 23.4 Å². The second kappa shape index (κ2) is 5.84. The van der Waals surface area contributed by atoms with Crippen molar-refractivity contribution in [3.63, 3.8) is 0 Å². The van der Waals surface area contributed by atoms with Crippen LogP contribution < -0.4 is 0 Å². The Morgan fingerprint density at radius 1 is 1.38 bits per heavy atom. The van der Waals surface area contributed by atoms with Crippen LogP contribution in [0.2, 0.25) is 0 Å². The zero-order valence-electron chi connectivity index (χ0n) is 6.94. The number of halogens is 1. The maximum atomic E-state index is 10.3. The number of thioether (sulfide) groups is 1. The summed E-state index contributed by atoms with van der Waals surface area (Å²) in [7, 11) is 0. The first-order valence-corrected chi connectivity index (χ1v) is 5.23. The first-order chi connectivity index (χ1) is 6.29. The van der Waals surface area contributed by atoms with E-state index in [4.69, 9.17) is 11.6 Å². The highest BCUT2D eigenvalue weighted by molar-refractivity contribution is 8.01. The number of allylic oxidation sites excluding steroid dienone is 1. The van der Waals surface area contributed by atoms with E-state index in [0.29, 0.717) is 0 Å². The maximum absolute atomic E-state index is 10.3. The number of carbonyl (C=O) groups is 1.